The first-order valence-corrected chi connectivity index (χ1v) is 6.87. The molecule has 3 rings (SSSR count). The number of para-hydroxylation sites is 2. The first-order valence-electron chi connectivity index (χ1n) is 6.87. The highest BCUT2D eigenvalue weighted by atomic mass is 16.5. The molecule has 0 unspecified atom stereocenters. The number of hydrogen-bond acceptors (Lipinski definition) is 4. The number of oxazole rings is 1. The average Bonchev–Trinajstić information content (AvgIpc) is 2.91. The molecule has 4 nitrogen and oxygen atoms in total. The molecule has 0 saturated carbocycles. The molecule has 0 saturated heterocycles. The van der Waals surface area contributed by atoms with Crippen LogP contribution in [0.5, 0.6) is 5.75 Å². The number of ether oxygens (including phenoxy) is 1. The van der Waals surface area contributed by atoms with E-state index in [0.717, 1.165) is 22.4 Å². The Hall–Kier alpha value is -2.49. The lowest BCUT2D eigenvalue weighted by Gasteiger charge is -2.17. The Bertz CT molecular complexity index is 731. The van der Waals surface area contributed by atoms with Gasteiger partial charge in [-0.1, -0.05) is 29.8 Å². The van der Waals surface area contributed by atoms with Gasteiger partial charge in [-0.15, -0.1) is 0 Å². The van der Waals surface area contributed by atoms with Gasteiger partial charge in [0.1, 0.15) is 11.3 Å². The van der Waals surface area contributed by atoms with Gasteiger partial charge in [0, 0.05) is 12.6 Å². The zero-order valence-corrected chi connectivity index (χ0v) is 12.5. The summed E-state index contributed by atoms with van der Waals surface area (Å²) in [5.41, 5.74) is 3.99. The fraction of sp³-hybridized carbons (Fsp3) is 0.235. The van der Waals surface area contributed by atoms with Crippen molar-refractivity contribution in [2.75, 3.05) is 19.1 Å². The van der Waals surface area contributed by atoms with E-state index in [9.17, 15) is 0 Å². The SMILES string of the molecule is COc1ccc(C)cc1CN(C)c1nc2ccccc2o1. The van der Waals surface area contributed by atoms with Crippen molar-refractivity contribution in [3.05, 3.63) is 53.6 Å². The van der Waals surface area contributed by atoms with Crippen LogP contribution in [0.3, 0.4) is 0 Å². The molecule has 1 heterocycles. The number of aromatic nitrogens is 1. The summed E-state index contributed by atoms with van der Waals surface area (Å²) in [5, 5.41) is 0. The lowest BCUT2D eigenvalue weighted by molar-refractivity contribution is 0.409. The van der Waals surface area contributed by atoms with Crippen LogP contribution in [0.4, 0.5) is 6.01 Å². The van der Waals surface area contributed by atoms with Crippen molar-refractivity contribution in [2.24, 2.45) is 0 Å². The first-order chi connectivity index (χ1) is 10.2. The molecular weight excluding hydrogens is 264 g/mol. The van der Waals surface area contributed by atoms with Gasteiger partial charge < -0.3 is 14.1 Å². The molecule has 21 heavy (non-hydrogen) atoms. The number of methoxy groups -OCH3 is 1. The monoisotopic (exact) mass is 282 g/mol. The third kappa shape index (κ3) is 2.70. The minimum atomic E-state index is 0.611. The van der Waals surface area contributed by atoms with E-state index in [2.05, 4.69) is 18.0 Å². The van der Waals surface area contributed by atoms with Crippen LogP contribution < -0.4 is 9.64 Å². The quantitative estimate of drug-likeness (QED) is 0.730. The molecule has 0 amide bonds. The van der Waals surface area contributed by atoms with Crippen molar-refractivity contribution in [3.63, 3.8) is 0 Å². The maximum absolute atomic E-state index is 5.78. The molecule has 1 aromatic heterocycles. The second-order valence-corrected chi connectivity index (χ2v) is 5.14. The molecule has 0 radical (unpaired) electrons. The molecule has 0 atom stereocenters. The largest absolute Gasteiger partial charge is 0.496 e. The van der Waals surface area contributed by atoms with Gasteiger partial charge in [0.15, 0.2) is 5.58 Å². The van der Waals surface area contributed by atoms with E-state index in [1.54, 1.807) is 7.11 Å². The minimum absolute atomic E-state index is 0.611. The molecule has 108 valence electrons. The van der Waals surface area contributed by atoms with Crippen LogP contribution in [-0.4, -0.2) is 19.1 Å². The van der Waals surface area contributed by atoms with Gasteiger partial charge in [0.25, 0.3) is 6.01 Å². The summed E-state index contributed by atoms with van der Waals surface area (Å²) < 4.78 is 11.2. The molecule has 0 N–H and O–H groups in total. The molecule has 0 spiro atoms. The molecule has 0 aliphatic rings. The molecule has 4 heteroatoms. The maximum atomic E-state index is 5.78. The number of benzene rings is 2. The Labute approximate surface area is 124 Å². The van der Waals surface area contributed by atoms with Crippen LogP contribution in [0, 0.1) is 6.92 Å². The van der Waals surface area contributed by atoms with Crippen molar-refractivity contribution in [1.29, 1.82) is 0 Å². The second kappa shape index (κ2) is 5.48. The summed E-state index contributed by atoms with van der Waals surface area (Å²) >= 11 is 0. The molecule has 0 aliphatic heterocycles. The average molecular weight is 282 g/mol. The van der Waals surface area contributed by atoms with Gasteiger partial charge in [-0.05, 0) is 25.1 Å². The highest BCUT2D eigenvalue weighted by Crippen LogP contribution is 2.25. The molecule has 0 fully saturated rings. The van der Waals surface area contributed by atoms with Crippen molar-refractivity contribution >= 4 is 17.1 Å². The van der Waals surface area contributed by atoms with E-state index >= 15 is 0 Å². The number of aryl methyl sites for hydroxylation is 1. The molecule has 3 aromatic rings. The van der Waals surface area contributed by atoms with E-state index in [0.29, 0.717) is 12.6 Å². The van der Waals surface area contributed by atoms with Gasteiger partial charge in [-0.2, -0.15) is 4.98 Å². The summed E-state index contributed by atoms with van der Waals surface area (Å²) in [7, 11) is 3.65. The number of nitrogens with zero attached hydrogens (tertiary/aromatic N) is 2. The van der Waals surface area contributed by atoms with Crippen LogP contribution >= 0.6 is 0 Å². The first kappa shape index (κ1) is 13.5. The maximum Gasteiger partial charge on any atom is 0.298 e. The normalized spacial score (nSPS) is 10.8. The van der Waals surface area contributed by atoms with E-state index < -0.39 is 0 Å². The summed E-state index contributed by atoms with van der Waals surface area (Å²) in [4.78, 5) is 6.49. The Morgan fingerprint density at radius 3 is 2.76 bits per heavy atom. The second-order valence-electron chi connectivity index (χ2n) is 5.14. The number of anilines is 1. The highest BCUT2D eigenvalue weighted by molar-refractivity contribution is 5.74. The molecule has 2 aromatic carbocycles. The van der Waals surface area contributed by atoms with Crippen LogP contribution in [0.2, 0.25) is 0 Å². The number of fused-ring (bicyclic) bond motifs is 1. The zero-order valence-electron chi connectivity index (χ0n) is 12.5. The van der Waals surface area contributed by atoms with E-state index in [1.165, 1.54) is 5.56 Å². The van der Waals surface area contributed by atoms with Crippen molar-refractivity contribution in [3.8, 4) is 5.75 Å². The fourth-order valence-corrected chi connectivity index (χ4v) is 2.38. The summed E-state index contributed by atoms with van der Waals surface area (Å²) in [6, 6.07) is 14.5. The summed E-state index contributed by atoms with van der Waals surface area (Å²) in [6.07, 6.45) is 0. The Morgan fingerprint density at radius 2 is 2.00 bits per heavy atom. The van der Waals surface area contributed by atoms with Crippen LogP contribution in [-0.2, 0) is 6.54 Å². The predicted octanol–water partition coefficient (Wildman–Crippen LogP) is 3.78. The predicted molar refractivity (Wildman–Crippen MR) is 83.8 cm³/mol. The van der Waals surface area contributed by atoms with Gasteiger partial charge in [0.2, 0.25) is 0 Å². The van der Waals surface area contributed by atoms with Crippen LogP contribution in [0.1, 0.15) is 11.1 Å². The summed E-state index contributed by atoms with van der Waals surface area (Å²) in [6.45, 7) is 2.75. The van der Waals surface area contributed by atoms with Crippen LogP contribution in [0.25, 0.3) is 11.1 Å². The van der Waals surface area contributed by atoms with Gasteiger partial charge in [-0.25, -0.2) is 0 Å². The van der Waals surface area contributed by atoms with E-state index in [-0.39, 0.29) is 0 Å². The Kier molecular flexibility index (Phi) is 3.52. The van der Waals surface area contributed by atoms with Crippen molar-refractivity contribution in [2.45, 2.75) is 13.5 Å². The number of rotatable bonds is 4. The smallest absolute Gasteiger partial charge is 0.298 e. The standard InChI is InChI=1S/C17H18N2O2/c1-12-8-9-15(20-3)13(10-12)11-19(2)17-18-14-6-4-5-7-16(14)21-17/h4-10H,11H2,1-3H3. The van der Waals surface area contributed by atoms with E-state index in [4.69, 9.17) is 9.15 Å². The molecule has 0 bridgehead atoms. The Morgan fingerprint density at radius 1 is 1.19 bits per heavy atom. The highest BCUT2D eigenvalue weighted by Gasteiger charge is 2.12. The van der Waals surface area contributed by atoms with Crippen LogP contribution in [0.15, 0.2) is 46.9 Å². The third-order valence-electron chi connectivity index (χ3n) is 3.45. The van der Waals surface area contributed by atoms with Gasteiger partial charge >= 0.3 is 0 Å². The minimum Gasteiger partial charge on any atom is -0.496 e. The molecular formula is C17H18N2O2. The fourth-order valence-electron chi connectivity index (χ4n) is 2.38. The Balaban J connectivity index is 1.89. The molecule has 0 aliphatic carbocycles. The lowest BCUT2D eigenvalue weighted by Crippen LogP contribution is -2.17. The lowest BCUT2D eigenvalue weighted by atomic mass is 10.1. The van der Waals surface area contributed by atoms with Crippen molar-refractivity contribution in [1.82, 2.24) is 4.98 Å². The van der Waals surface area contributed by atoms with Gasteiger partial charge in [0.05, 0.1) is 13.7 Å². The topological polar surface area (TPSA) is 38.5 Å². The summed E-state index contributed by atoms with van der Waals surface area (Å²) in [5.74, 6) is 0.878. The van der Waals surface area contributed by atoms with Crippen molar-refractivity contribution < 1.29 is 9.15 Å². The zero-order chi connectivity index (χ0) is 14.8. The van der Waals surface area contributed by atoms with Gasteiger partial charge in [-0.3, -0.25) is 0 Å². The van der Waals surface area contributed by atoms with E-state index in [1.807, 2.05) is 48.3 Å². The number of hydrogen-bond donors (Lipinski definition) is 0. The third-order valence-corrected chi connectivity index (χ3v) is 3.45.